The van der Waals surface area contributed by atoms with E-state index in [-0.39, 0.29) is 36.3 Å². The van der Waals surface area contributed by atoms with Crippen LogP contribution in [-0.4, -0.2) is 57.6 Å². The van der Waals surface area contributed by atoms with Gasteiger partial charge in [-0.15, -0.1) is 6.58 Å². The van der Waals surface area contributed by atoms with E-state index in [0.717, 1.165) is 68.3 Å². The quantitative estimate of drug-likeness (QED) is 0.186. The zero-order valence-electron chi connectivity index (χ0n) is 28.7. The van der Waals surface area contributed by atoms with E-state index in [1.165, 1.54) is 7.11 Å². The molecule has 1 aliphatic carbocycles. The number of hydrogen-bond acceptors (Lipinski definition) is 7. The Labute approximate surface area is 292 Å². The van der Waals surface area contributed by atoms with Crippen LogP contribution in [0.15, 0.2) is 61.2 Å². The third-order valence-corrected chi connectivity index (χ3v) is 12.0. The molecule has 0 unspecified atom stereocenters. The molecule has 2 aromatic carbocycles. The Morgan fingerprint density at radius 1 is 1.21 bits per heavy atom. The number of unbranched alkanes of at least 4 members (excludes halogenated alkanes) is 1. The van der Waals surface area contributed by atoms with Gasteiger partial charge in [0.15, 0.2) is 0 Å². The Hall–Kier alpha value is -2.85. The molecule has 0 spiro atoms. The number of nitrogens with one attached hydrogen (secondary N) is 1. The van der Waals surface area contributed by atoms with Gasteiger partial charge in [-0.25, -0.2) is 13.1 Å². The number of fused-ring (bicyclic) bond motifs is 2. The monoisotopic (exact) mass is 700 g/mol. The van der Waals surface area contributed by atoms with Crippen molar-refractivity contribution >= 4 is 33.2 Å². The van der Waals surface area contributed by atoms with Crippen LogP contribution in [0, 0.1) is 17.8 Å². The first-order chi connectivity index (χ1) is 23.1. The van der Waals surface area contributed by atoms with Crippen molar-refractivity contribution in [1.82, 2.24) is 4.72 Å². The summed E-state index contributed by atoms with van der Waals surface area (Å²) < 4.78 is 41.1. The number of aliphatic hydroxyl groups is 1. The van der Waals surface area contributed by atoms with Crippen molar-refractivity contribution in [2.45, 2.75) is 89.6 Å². The zero-order valence-corrected chi connectivity index (χ0v) is 30.3. The molecule has 2 N–H and O–H groups in total. The molecule has 2 aliphatic rings. The molecular weight excluding hydrogens is 648 g/mol. The minimum atomic E-state index is -4.02. The Bertz CT molecular complexity index is 1510. The van der Waals surface area contributed by atoms with Crippen LogP contribution < -0.4 is 14.4 Å². The number of methoxy groups -OCH3 is 1. The van der Waals surface area contributed by atoms with Crippen LogP contribution in [-0.2, 0) is 27.8 Å². The summed E-state index contributed by atoms with van der Waals surface area (Å²) >= 11 is 6.34. The molecule has 5 atom stereocenters. The van der Waals surface area contributed by atoms with E-state index < -0.39 is 27.3 Å². The van der Waals surface area contributed by atoms with Crippen LogP contribution in [0.4, 0.5) is 5.69 Å². The molecule has 8 nitrogen and oxygen atoms in total. The number of carbonyl (C=O) groups is 1. The molecule has 264 valence electrons. The Kier molecular flexibility index (Phi) is 14.4. The number of benzene rings is 2. The molecule has 1 amide bonds. The highest BCUT2D eigenvalue weighted by Crippen LogP contribution is 2.41. The van der Waals surface area contributed by atoms with Crippen LogP contribution in [0.3, 0.4) is 0 Å². The van der Waals surface area contributed by atoms with Gasteiger partial charge in [0, 0.05) is 37.4 Å². The Balaban J connectivity index is 1.65. The van der Waals surface area contributed by atoms with E-state index in [9.17, 15) is 18.3 Å². The molecule has 0 radical (unpaired) electrons. The largest absolute Gasteiger partial charge is 0.487 e. The molecule has 1 saturated carbocycles. The summed E-state index contributed by atoms with van der Waals surface area (Å²) in [5.41, 5.74) is 3.20. The van der Waals surface area contributed by atoms with Crippen molar-refractivity contribution in [2.75, 3.05) is 31.7 Å². The predicted octanol–water partition coefficient (Wildman–Crippen LogP) is 7.48. The number of nitrogens with zero attached hydrogens (tertiary/aromatic N) is 1. The summed E-state index contributed by atoms with van der Waals surface area (Å²) in [5, 5.41) is 10.8. The minimum Gasteiger partial charge on any atom is -0.487 e. The topological polar surface area (TPSA) is 105 Å². The van der Waals surface area contributed by atoms with Gasteiger partial charge in [-0.05, 0) is 111 Å². The van der Waals surface area contributed by atoms with Crippen LogP contribution in [0.25, 0.3) is 0 Å². The van der Waals surface area contributed by atoms with E-state index in [2.05, 4.69) is 29.2 Å². The van der Waals surface area contributed by atoms with E-state index in [4.69, 9.17) is 21.1 Å². The van der Waals surface area contributed by atoms with Crippen LogP contribution in [0.5, 0.6) is 5.75 Å². The highest BCUT2D eigenvalue weighted by atomic mass is 35.5. The zero-order chi connectivity index (χ0) is 34.7. The number of sulfonamides is 1. The average Bonchev–Trinajstić information content (AvgIpc) is 3.06. The van der Waals surface area contributed by atoms with Crippen molar-refractivity contribution in [1.29, 1.82) is 0 Å². The predicted molar refractivity (Wildman–Crippen MR) is 194 cm³/mol. The number of halogens is 1. The van der Waals surface area contributed by atoms with E-state index in [0.29, 0.717) is 30.3 Å². The standard InChI is InChI=1S/C38H53ClN2O6S/c1-5-7-8-13-35(42)33-18-15-30(33)25-41-21-10-9-12-28-23-32(39)17-14-31(28)26-47-36-19-16-29(24-34(36)41)38(43)40-48(44,45)37(20-22-46-4)27(3)11-6-2/h6,8,13-14,16-17,19,23-24,27,30,33,35,37,42H,2,5,7,9-12,15,18,20-22,25-26H2,1,3-4H3,(H,40,43)/b13-8+/t27-,30-,33-,35-,37+/m0/s1. The summed E-state index contributed by atoms with van der Waals surface area (Å²) in [6.45, 7) is 9.73. The Morgan fingerprint density at radius 2 is 2.02 bits per heavy atom. The minimum absolute atomic E-state index is 0.158. The van der Waals surface area contributed by atoms with E-state index >= 15 is 0 Å². The number of aryl methyl sites for hydroxylation is 1. The molecule has 1 fully saturated rings. The smallest absolute Gasteiger partial charge is 0.264 e. The van der Waals surface area contributed by atoms with Crippen molar-refractivity contribution < 1.29 is 27.8 Å². The average molecular weight is 701 g/mol. The van der Waals surface area contributed by atoms with Gasteiger partial charge in [0.2, 0.25) is 10.0 Å². The molecule has 1 heterocycles. The van der Waals surface area contributed by atoms with Crippen LogP contribution >= 0.6 is 11.6 Å². The summed E-state index contributed by atoms with van der Waals surface area (Å²) in [7, 11) is -2.49. The maximum atomic E-state index is 13.6. The fourth-order valence-electron chi connectivity index (χ4n) is 6.84. The van der Waals surface area contributed by atoms with Crippen LogP contribution in [0.2, 0.25) is 5.02 Å². The van der Waals surface area contributed by atoms with Gasteiger partial charge in [0.05, 0.1) is 17.0 Å². The van der Waals surface area contributed by atoms with Gasteiger partial charge in [0.25, 0.3) is 5.91 Å². The number of hydrogen-bond donors (Lipinski definition) is 2. The second kappa shape index (κ2) is 18.2. The highest BCUT2D eigenvalue weighted by Gasteiger charge is 2.37. The van der Waals surface area contributed by atoms with Gasteiger partial charge in [-0.2, -0.15) is 0 Å². The first-order valence-electron chi connectivity index (χ1n) is 17.4. The van der Waals surface area contributed by atoms with E-state index in [1.807, 2.05) is 31.2 Å². The maximum absolute atomic E-state index is 13.6. The molecule has 48 heavy (non-hydrogen) atoms. The lowest BCUT2D eigenvalue weighted by Crippen LogP contribution is -2.43. The molecule has 0 aromatic heterocycles. The molecule has 4 rings (SSSR count). The number of amides is 1. The summed E-state index contributed by atoms with van der Waals surface area (Å²) in [6.07, 6.45) is 12.6. The summed E-state index contributed by atoms with van der Waals surface area (Å²) in [5.74, 6) is 0.114. The third-order valence-electron chi connectivity index (χ3n) is 9.81. The highest BCUT2D eigenvalue weighted by molar-refractivity contribution is 7.90. The lowest BCUT2D eigenvalue weighted by Gasteiger charge is -2.42. The van der Waals surface area contributed by atoms with E-state index in [1.54, 1.807) is 24.3 Å². The number of carbonyl (C=O) groups excluding carboxylic acids is 1. The molecule has 0 saturated heterocycles. The molecular formula is C38H53ClN2O6S. The molecule has 1 aliphatic heterocycles. The number of allylic oxidation sites excluding steroid dienone is 2. The maximum Gasteiger partial charge on any atom is 0.264 e. The van der Waals surface area contributed by atoms with Crippen molar-refractivity contribution in [3.8, 4) is 5.75 Å². The number of ether oxygens (including phenoxy) is 2. The fourth-order valence-corrected chi connectivity index (χ4v) is 8.69. The summed E-state index contributed by atoms with van der Waals surface area (Å²) in [4.78, 5) is 15.9. The molecule has 2 aromatic rings. The molecule has 10 heteroatoms. The fraction of sp³-hybridized carbons (Fsp3) is 0.553. The lowest BCUT2D eigenvalue weighted by molar-refractivity contribution is 0.0461. The Morgan fingerprint density at radius 3 is 2.73 bits per heavy atom. The first kappa shape index (κ1) is 38.0. The third kappa shape index (κ3) is 10.1. The van der Waals surface area contributed by atoms with Crippen LogP contribution in [0.1, 0.15) is 86.7 Å². The van der Waals surface area contributed by atoms with Gasteiger partial charge in [0.1, 0.15) is 12.4 Å². The SMILES string of the molecule is C=CC[C@H](C)[C@@H](CCOC)S(=O)(=O)NC(=O)c1ccc2c(c1)N(C[C@@H]1CC[C@@H]1[C@@H](O)/C=C/CCC)CCCCc1cc(Cl)ccc1CO2. The normalized spacial score (nSPS) is 20.3. The van der Waals surface area contributed by atoms with Crippen molar-refractivity contribution in [2.24, 2.45) is 17.8 Å². The number of anilines is 1. The lowest BCUT2D eigenvalue weighted by atomic mass is 9.70. The van der Waals surface area contributed by atoms with Gasteiger partial charge >= 0.3 is 0 Å². The number of rotatable bonds is 15. The van der Waals surface area contributed by atoms with Crippen molar-refractivity contribution in [3.05, 3.63) is 82.9 Å². The number of aliphatic hydroxyl groups excluding tert-OH is 1. The van der Waals surface area contributed by atoms with Gasteiger partial charge in [-0.1, -0.05) is 56.2 Å². The summed E-state index contributed by atoms with van der Waals surface area (Å²) in [6, 6.07) is 11.0. The molecule has 0 bridgehead atoms. The first-order valence-corrected chi connectivity index (χ1v) is 19.3. The van der Waals surface area contributed by atoms with Gasteiger partial charge < -0.3 is 19.5 Å². The second-order valence-corrected chi connectivity index (χ2v) is 15.6. The second-order valence-electron chi connectivity index (χ2n) is 13.3. The van der Waals surface area contributed by atoms with Gasteiger partial charge in [-0.3, -0.25) is 4.79 Å². The van der Waals surface area contributed by atoms with Crippen molar-refractivity contribution in [3.63, 3.8) is 0 Å².